The number of aliphatic hydroxyl groups is 1. The molecule has 0 amide bonds. The summed E-state index contributed by atoms with van der Waals surface area (Å²) in [5, 5.41) is 21.7. The number of nitrogens with zero attached hydrogens (tertiary/aromatic N) is 1. The van der Waals surface area contributed by atoms with Crippen LogP contribution in [0, 0.1) is 11.3 Å². The summed E-state index contributed by atoms with van der Waals surface area (Å²) in [6.45, 7) is 5.45. The minimum atomic E-state index is -0.531. The minimum Gasteiger partial charge on any atom is -0.399 e. The first-order valence-electron chi connectivity index (χ1n) is 5.12. The molecule has 0 fully saturated rings. The first-order chi connectivity index (χ1) is 7.36. The highest BCUT2D eigenvalue weighted by molar-refractivity contribution is 5.63. The van der Waals surface area contributed by atoms with Gasteiger partial charge < -0.3 is 16.2 Å². The second-order valence-electron chi connectivity index (χ2n) is 4.44. The number of nitrogens with two attached hydrogens (primary N) is 1. The fraction of sp³-hybridized carbons (Fsp3) is 0.417. The summed E-state index contributed by atoms with van der Waals surface area (Å²) >= 11 is 0. The van der Waals surface area contributed by atoms with E-state index in [-0.39, 0.29) is 0 Å². The molecule has 1 aromatic carbocycles. The van der Waals surface area contributed by atoms with Crippen LogP contribution in [0.4, 0.5) is 11.4 Å². The highest BCUT2D eigenvalue weighted by Gasteiger charge is 2.24. The second-order valence-corrected chi connectivity index (χ2v) is 4.44. The van der Waals surface area contributed by atoms with Gasteiger partial charge in [-0.3, -0.25) is 0 Å². The van der Waals surface area contributed by atoms with Crippen molar-refractivity contribution < 1.29 is 5.11 Å². The van der Waals surface area contributed by atoms with Crippen molar-refractivity contribution in [2.75, 3.05) is 11.1 Å². The van der Waals surface area contributed by atoms with Gasteiger partial charge in [-0.1, -0.05) is 0 Å². The Morgan fingerprint density at radius 1 is 1.50 bits per heavy atom. The highest BCUT2D eigenvalue weighted by Crippen LogP contribution is 2.23. The molecule has 4 heteroatoms. The number of nitrogens with one attached hydrogen (secondary N) is 1. The largest absolute Gasteiger partial charge is 0.399 e. The van der Waals surface area contributed by atoms with Gasteiger partial charge in [0.15, 0.2) is 0 Å². The smallest absolute Gasteiger partial charge is 0.101 e. The summed E-state index contributed by atoms with van der Waals surface area (Å²) in [7, 11) is 0. The van der Waals surface area contributed by atoms with E-state index in [1.165, 1.54) is 0 Å². The SMILES string of the molecule is CC(O)C(C)(C)Nc1ccc(N)cc1C#N. The molecule has 0 aliphatic carbocycles. The monoisotopic (exact) mass is 219 g/mol. The molecular weight excluding hydrogens is 202 g/mol. The molecule has 0 spiro atoms. The van der Waals surface area contributed by atoms with Gasteiger partial charge in [0.05, 0.1) is 22.9 Å². The molecule has 0 aliphatic heterocycles. The third kappa shape index (κ3) is 2.65. The first kappa shape index (κ1) is 12.3. The number of hydrogen-bond acceptors (Lipinski definition) is 4. The van der Waals surface area contributed by atoms with Gasteiger partial charge in [0.1, 0.15) is 6.07 Å². The molecule has 0 aliphatic rings. The van der Waals surface area contributed by atoms with Gasteiger partial charge in [0.2, 0.25) is 0 Å². The maximum atomic E-state index is 9.59. The van der Waals surface area contributed by atoms with E-state index in [4.69, 9.17) is 11.0 Å². The van der Waals surface area contributed by atoms with Crippen molar-refractivity contribution in [3.8, 4) is 6.07 Å². The number of benzene rings is 1. The van der Waals surface area contributed by atoms with E-state index in [1.54, 1.807) is 25.1 Å². The Morgan fingerprint density at radius 2 is 2.12 bits per heavy atom. The normalized spacial score (nSPS) is 12.9. The third-order valence-corrected chi connectivity index (χ3v) is 2.67. The number of anilines is 2. The molecule has 0 radical (unpaired) electrons. The Hall–Kier alpha value is -1.73. The molecule has 4 N–H and O–H groups in total. The molecule has 1 unspecified atom stereocenters. The van der Waals surface area contributed by atoms with E-state index in [1.807, 2.05) is 13.8 Å². The molecule has 0 bridgehead atoms. The number of rotatable bonds is 3. The van der Waals surface area contributed by atoms with E-state index in [9.17, 15) is 5.11 Å². The Kier molecular flexibility index (Phi) is 3.41. The van der Waals surface area contributed by atoms with Gasteiger partial charge in [-0.2, -0.15) is 5.26 Å². The number of nitrogen functional groups attached to an aromatic ring is 1. The zero-order valence-corrected chi connectivity index (χ0v) is 9.78. The van der Waals surface area contributed by atoms with Crippen LogP contribution in [0.3, 0.4) is 0 Å². The summed E-state index contributed by atoms with van der Waals surface area (Å²) < 4.78 is 0. The number of nitriles is 1. The van der Waals surface area contributed by atoms with Crippen LogP contribution in [0.15, 0.2) is 18.2 Å². The molecule has 16 heavy (non-hydrogen) atoms. The van der Waals surface area contributed by atoms with Crippen molar-refractivity contribution in [1.82, 2.24) is 0 Å². The van der Waals surface area contributed by atoms with Gasteiger partial charge in [0, 0.05) is 5.69 Å². The minimum absolute atomic E-state index is 0.480. The van der Waals surface area contributed by atoms with Crippen molar-refractivity contribution >= 4 is 11.4 Å². The van der Waals surface area contributed by atoms with Crippen molar-refractivity contribution in [1.29, 1.82) is 5.26 Å². The zero-order valence-electron chi connectivity index (χ0n) is 9.78. The first-order valence-corrected chi connectivity index (χ1v) is 5.12. The summed E-state index contributed by atoms with van der Waals surface area (Å²) in [6.07, 6.45) is -0.531. The Bertz CT molecular complexity index is 419. The fourth-order valence-electron chi connectivity index (χ4n) is 1.21. The van der Waals surface area contributed by atoms with Crippen LogP contribution in [-0.2, 0) is 0 Å². The van der Waals surface area contributed by atoms with Gasteiger partial charge in [0.25, 0.3) is 0 Å². The standard InChI is InChI=1S/C12H17N3O/c1-8(16)12(2,3)15-11-5-4-10(14)6-9(11)7-13/h4-6,8,15-16H,14H2,1-3H3. The second kappa shape index (κ2) is 4.42. The lowest BCUT2D eigenvalue weighted by molar-refractivity contribution is 0.133. The molecular formula is C12H17N3O. The maximum absolute atomic E-state index is 9.59. The van der Waals surface area contributed by atoms with Crippen molar-refractivity contribution in [3.63, 3.8) is 0 Å². The Morgan fingerprint density at radius 3 is 2.62 bits per heavy atom. The van der Waals surface area contributed by atoms with Crippen LogP contribution in [0.25, 0.3) is 0 Å². The van der Waals surface area contributed by atoms with Crippen LogP contribution < -0.4 is 11.1 Å². The Balaban J connectivity index is 3.03. The molecule has 1 rings (SSSR count). The lowest BCUT2D eigenvalue weighted by Gasteiger charge is -2.31. The summed E-state index contributed by atoms with van der Waals surface area (Å²) in [5.74, 6) is 0. The van der Waals surface area contributed by atoms with E-state index < -0.39 is 11.6 Å². The van der Waals surface area contributed by atoms with E-state index >= 15 is 0 Å². The molecule has 0 aromatic heterocycles. The summed E-state index contributed by atoms with van der Waals surface area (Å²) in [6, 6.07) is 7.16. The molecule has 0 saturated heterocycles. The third-order valence-electron chi connectivity index (χ3n) is 2.67. The van der Waals surface area contributed by atoms with Gasteiger partial charge in [-0.05, 0) is 39.0 Å². The average molecular weight is 219 g/mol. The van der Waals surface area contributed by atoms with Gasteiger partial charge in [-0.15, -0.1) is 0 Å². The van der Waals surface area contributed by atoms with Crippen molar-refractivity contribution in [2.24, 2.45) is 0 Å². The lowest BCUT2D eigenvalue weighted by Crippen LogP contribution is -2.42. The molecule has 86 valence electrons. The van der Waals surface area contributed by atoms with Crippen LogP contribution in [0.1, 0.15) is 26.3 Å². The van der Waals surface area contributed by atoms with Crippen molar-refractivity contribution in [2.45, 2.75) is 32.4 Å². The summed E-state index contributed by atoms with van der Waals surface area (Å²) in [5.41, 5.74) is 6.82. The van der Waals surface area contributed by atoms with E-state index in [0.29, 0.717) is 16.9 Å². The van der Waals surface area contributed by atoms with Crippen LogP contribution in [0.2, 0.25) is 0 Å². The quantitative estimate of drug-likeness (QED) is 0.676. The molecule has 0 heterocycles. The zero-order chi connectivity index (χ0) is 12.3. The fourth-order valence-corrected chi connectivity index (χ4v) is 1.21. The van der Waals surface area contributed by atoms with Gasteiger partial charge in [-0.25, -0.2) is 0 Å². The molecule has 1 atom stereocenters. The van der Waals surface area contributed by atoms with Crippen LogP contribution in [-0.4, -0.2) is 16.7 Å². The lowest BCUT2D eigenvalue weighted by atomic mass is 9.97. The molecule has 1 aromatic rings. The van der Waals surface area contributed by atoms with Gasteiger partial charge >= 0.3 is 0 Å². The number of aliphatic hydroxyl groups excluding tert-OH is 1. The van der Waals surface area contributed by atoms with Crippen LogP contribution in [0.5, 0.6) is 0 Å². The highest BCUT2D eigenvalue weighted by atomic mass is 16.3. The number of hydrogen-bond donors (Lipinski definition) is 3. The van der Waals surface area contributed by atoms with E-state index in [0.717, 1.165) is 0 Å². The maximum Gasteiger partial charge on any atom is 0.101 e. The van der Waals surface area contributed by atoms with Crippen LogP contribution >= 0.6 is 0 Å². The predicted octanol–water partition coefficient (Wildman–Crippen LogP) is 1.71. The average Bonchev–Trinajstić information content (AvgIpc) is 2.20. The van der Waals surface area contributed by atoms with E-state index in [2.05, 4.69) is 11.4 Å². The molecule has 0 saturated carbocycles. The topological polar surface area (TPSA) is 82.1 Å². The predicted molar refractivity (Wildman–Crippen MR) is 65.0 cm³/mol. The molecule has 4 nitrogen and oxygen atoms in total. The Labute approximate surface area is 95.7 Å². The summed E-state index contributed by atoms with van der Waals surface area (Å²) in [4.78, 5) is 0. The van der Waals surface area contributed by atoms with Crippen molar-refractivity contribution in [3.05, 3.63) is 23.8 Å².